The minimum Gasteiger partial charge on any atom is -0.344 e. The second-order valence-corrected chi connectivity index (χ2v) is 7.58. The fourth-order valence-corrected chi connectivity index (χ4v) is 4.68. The van der Waals surface area contributed by atoms with Crippen LogP contribution in [0.25, 0.3) is 0 Å². The zero-order valence-corrected chi connectivity index (χ0v) is 12.4. The summed E-state index contributed by atoms with van der Waals surface area (Å²) in [4.78, 5) is 0. The summed E-state index contributed by atoms with van der Waals surface area (Å²) in [5, 5.41) is 0. The first-order valence-corrected chi connectivity index (χ1v) is 7.23. The molecule has 2 saturated carbocycles. The molecule has 18 heavy (non-hydrogen) atoms. The molecule has 0 N–H and O–H groups in total. The van der Waals surface area contributed by atoms with Gasteiger partial charge in [-0.3, -0.25) is 0 Å². The molecule has 102 valence electrons. The van der Waals surface area contributed by atoms with Crippen molar-refractivity contribution in [1.29, 1.82) is 0 Å². The number of allylic oxidation sites excluding steroid dienone is 1. The summed E-state index contributed by atoms with van der Waals surface area (Å²) < 4.78 is 12.5. The van der Waals surface area contributed by atoms with Crippen LogP contribution in [0.5, 0.6) is 0 Å². The molecule has 0 aromatic rings. The predicted molar refractivity (Wildman–Crippen MR) is 72.2 cm³/mol. The SMILES string of the molecule is C=C1CC[C@@H]2C1C[C@H]1OC(C)(C)O[C@@]1(C)C2(C)C. The third-order valence-corrected chi connectivity index (χ3v) is 5.96. The van der Waals surface area contributed by atoms with Crippen LogP contribution < -0.4 is 0 Å². The third-order valence-electron chi connectivity index (χ3n) is 5.96. The minimum atomic E-state index is -0.448. The Morgan fingerprint density at radius 3 is 2.50 bits per heavy atom. The van der Waals surface area contributed by atoms with Crippen molar-refractivity contribution in [2.24, 2.45) is 17.3 Å². The highest BCUT2D eigenvalue weighted by Crippen LogP contribution is 2.62. The average Bonchev–Trinajstić information content (AvgIpc) is 2.67. The third kappa shape index (κ3) is 1.42. The molecule has 4 atom stereocenters. The lowest BCUT2D eigenvalue weighted by atomic mass is 9.56. The van der Waals surface area contributed by atoms with Gasteiger partial charge in [-0.1, -0.05) is 26.0 Å². The Balaban J connectivity index is 2.02. The van der Waals surface area contributed by atoms with Crippen molar-refractivity contribution in [2.75, 3.05) is 0 Å². The normalized spacial score (nSPS) is 48.9. The molecule has 3 rings (SSSR count). The van der Waals surface area contributed by atoms with Gasteiger partial charge in [0.25, 0.3) is 0 Å². The van der Waals surface area contributed by atoms with Crippen molar-refractivity contribution >= 4 is 0 Å². The van der Waals surface area contributed by atoms with Crippen LogP contribution in [0.1, 0.15) is 53.9 Å². The minimum absolute atomic E-state index is 0.147. The van der Waals surface area contributed by atoms with Crippen LogP contribution in [-0.4, -0.2) is 17.5 Å². The molecule has 0 aromatic heterocycles. The Morgan fingerprint density at radius 2 is 1.83 bits per heavy atom. The fourth-order valence-electron chi connectivity index (χ4n) is 4.68. The maximum absolute atomic E-state index is 6.35. The van der Waals surface area contributed by atoms with Gasteiger partial charge in [-0.15, -0.1) is 0 Å². The zero-order chi connectivity index (χ0) is 13.3. The molecule has 0 spiro atoms. The summed E-state index contributed by atoms with van der Waals surface area (Å²) in [6.45, 7) is 15.3. The van der Waals surface area contributed by atoms with Gasteiger partial charge in [0.15, 0.2) is 5.79 Å². The highest BCUT2D eigenvalue weighted by atomic mass is 16.8. The van der Waals surface area contributed by atoms with Gasteiger partial charge in [0.1, 0.15) is 5.60 Å². The topological polar surface area (TPSA) is 18.5 Å². The summed E-state index contributed by atoms with van der Waals surface area (Å²) in [6.07, 6.45) is 3.75. The molecule has 3 aliphatic rings. The maximum atomic E-state index is 6.35. The van der Waals surface area contributed by atoms with E-state index in [1.165, 1.54) is 18.4 Å². The van der Waals surface area contributed by atoms with Gasteiger partial charge >= 0.3 is 0 Å². The van der Waals surface area contributed by atoms with Gasteiger partial charge in [0, 0.05) is 0 Å². The van der Waals surface area contributed by atoms with Crippen molar-refractivity contribution in [3.63, 3.8) is 0 Å². The quantitative estimate of drug-likeness (QED) is 0.607. The fraction of sp³-hybridized carbons (Fsp3) is 0.875. The molecule has 0 bridgehead atoms. The molecule has 1 heterocycles. The van der Waals surface area contributed by atoms with E-state index in [-0.39, 0.29) is 17.1 Å². The second kappa shape index (κ2) is 3.40. The molecule has 0 amide bonds. The lowest BCUT2D eigenvalue weighted by molar-refractivity contribution is -0.192. The van der Waals surface area contributed by atoms with Crippen LogP contribution in [0.3, 0.4) is 0 Å². The van der Waals surface area contributed by atoms with Gasteiger partial charge in [-0.2, -0.15) is 0 Å². The first kappa shape index (κ1) is 12.7. The van der Waals surface area contributed by atoms with E-state index < -0.39 is 5.79 Å². The van der Waals surface area contributed by atoms with Crippen LogP contribution in [0.4, 0.5) is 0 Å². The Hall–Kier alpha value is -0.340. The van der Waals surface area contributed by atoms with E-state index in [0.29, 0.717) is 11.8 Å². The van der Waals surface area contributed by atoms with E-state index >= 15 is 0 Å². The van der Waals surface area contributed by atoms with E-state index in [2.05, 4.69) is 27.4 Å². The van der Waals surface area contributed by atoms with Crippen LogP contribution in [0.15, 0.2) is 12.2 Å². The van der Waals surface area contributed by atoms with Crippen LogP contribution in [-0.2, 0) is 9.47 Å². The number of hydrogen-bond acceptors (Lipinski definition) is 2. The Kier molecular flexibility index (Phi) is 2.40. The Bertz CT molecular complexity index is 396. The van der Waals surface area contributed by atoms with Crippen LogP contribution >= 0.6 is 0 Å². The van der Waals surface area contributed by atoms with Crippen LogP contribution in [0.2, 0.25) is 0 Å². The largest absolute Gasteiger partial charge is 0.344 e. The number of ether oxygens (including phenoxy) is 2. The number of hydrogen-bond donors (Lipinski definition) is 0. The first-order chi connectivity index (χ1) is 8.17. The number of fused-ring (bicyclic) bond motifs is 2. The van der Waals surface area contributed by atoms with Crippen molar-refractivity contribution in [3.8, 4) is 0 Å². The Morgan fingerprint density at radius 1 is 1.17 bits per heavy atom. The van der Waals surface area contributed by atoms with Gasteiger partial charge in [-0.05, 0) is 57.3 Å². The lowest BCUT2D eigenvalue weighted by Crippen LogP contribution is -2.58. The Labute approximate surface area is 111 Å². The average molecular weight is 250 g/mol. The van der Waals surface area contributed by atoms with E-state index in [1.54, 1.807) is 0 Å². The molecular formula is C16H26O2. The highest BCUT2D eigenvalue weighted by Gasteiger charge is 2.65. The van der Waals surface area contributed by atoms with Crippen molar-refractivity contribution in [1.82, 2.24) is 0 Å². The summed E-state index contributed by atoms with van der Waals surface area (Å²) in [6, 6.07) is 0. The standard InChI is InChI=1S/C16H26O2/c1-10-7-8-12-11(10)9-13-16(6,14(12,2)3)18-15(4,5)17-13/h11-13H,1,7-9H2,2-6H3/t11?,12-,13-,16-/m1/s1. The predicted octanol–water partition coefficient (Wildman–Crippen LogP) is 3.91. The molecule has 3 fully saturated rings. The molecule has 2 heteroatoms. The van der Waals surface area contributed by atoms with Gasteiger partial charge in [-0.25, -0.2) is 0 Å². The molecular weight excluding hydrogens is 224 g/mol. The van der Waals surface area contributed by atoms with Gasteiger partial charge in [0.2, 0.25) is 0 Å². The van der Waals surface area contributed by atoms with E-state index in [9.17, 15) is 0 Å². The molecule has 0 radical (unpaired) electrons. The van der Waals surface area contributed by atoms with E-state index in [0.717, 1.165) is 6.42 Å². The maximum Gasteiger partial charge on any atom is 0.164 e. The highest BCUT2D eigenvalue weighted by molar-refractivity contribution is 5.21. The van der Waals surface area contributed by atoms with E-state index in [4.69, 9.17) is 9.47 Å². The van der Waals surface area contributed by atoms with Gasteiger partial charge < -0.3 is 9.47 Å². The molecule has 2 aliphatic carbocycles. The summed E-state index contributed by atoms with van der Waals surface area (Å²) in [5.74, 6) is 0.885. The zero-order valence-electron chi connectivity index (χ0n) is 12.4. The summed E-state index contributed by atoms with van der Waals surface area (Å²) in [7, 11) is 0. The van der Waals surface area contributed by atoms with Crippen LogP contribution in [0, 0.1) is 17.3 Å². The van der Waals surface area contributed by atoms with E-state index in [1.807, 2.05) is 13.8 Å². The van der Waals surface area contributed by atoms with Gasteiger partial charge in [0.05, 0.1) is 6.10 Å². The molecule has 1 aliphatic heterocycles. The molecule has 2 nitrogen and oxygen atoms in total. The second-order valence-electron chi connectivity index (χ2n) is 7.58. The summed E-state index contributed by atoms with van der Waals surface area (Å²) >= 11 is 0. The molecule has 1 unspecified atom stereocenters. The van der Waals surface area contributed by atoms with Crippen molar-refractivity contribution in [2.45, 2.75) is 71.4 Å². The molecule has 0 aromatic carbocycles. The monoisotopic (exact) mass is 250 g/mol. The number of rotatable bonds is 0. The smallest absolute Gasteiger partial charge is 0.164 e. The first-order valence-electron chi connectivity index (χ1n) is 7.23. The van der Waals surface area contributed by atoms with Crippen molar-refractivity contribution in [3.05, 3.63) is 12.2 Å². The molecule has 1 saturated heterocycles. The summed E-state index contributed by atoms with van der Waals surface area (Å²) in [5.41, 5.74) is 1.42. The van der Waals surface area contributed by atoms with Crippen molar-refractivity contribution < 1.29 is 9.47 Å². The lowest BCUT2D eigenvalue weighted by Gasteiger charge is -2.53.